The van der Waals surface area contributed by atoms with Crippen LogP contribution in [0.15, 0.2) is 59.0 Å². The number of nitrogens with zero attached hydrogens (tertiary/aromatic N) is 5. The van der Waals surface area contributed by atoms with Gasteiger partial charge in [-0.15, -0.1) is 16.5 Å². The molecule has 0 fully saturated rings. The highest BCUT2D eigenvalue weighted by atomic mass is 32.1. The summed E-state index contributed by atoms with van der Waals surface area (Å²) in [4.78, 5) is 9.66. The lowest BCUT2D eigenvalue weighted by atomic mass is 10.0. The standard InChI is InChI=1S/C22H17N5O2S/c1-13-19-21(30-20(13)16-6-4-3-5-15(16)10-23)22(25-12-24-19)27-26-11-14-7-8-18(29-2)17(28)9-14/h3-9,12,28H,11H2,1-2H3. The molecule has 0 amide bonds. The third-order valence-corrected chi connectivity index (χ3v) is 5.95. The van der Waals surface area contributed by atoms with Crippen molar-refractivity contribution in [2.45, 2.75) is 13.5 Å². The molecular formula is C22H17N5O2S. The Morgan fingerprint density at radius 1 is 1.20 bits per heavy atom. The third-order valence-electron chi connectivity index (χ3n) is 4.64. The van der Waals surface area contributed by atoms with Crippen LogP contribution in [-0.2, 0) is 6.54 Å². The van der Waals surface area contributed by atoms with Crippen LogP contribution in [0.2, 0.25) is 0 Å². The van der Waals surface area contributed by atoms with E-state index in [4.69, 9.17) is 4.74 Å². The van der Waals surface area contributed by atoms with Crippen LogP contribution in [-0.4, -0.2) is 22.2 Å². The van der Waals surface area contributed by atoms with E-state index in [0.29, 0.717) is 17.1 Å². The molecule has 2 aromatic heterocycles. The molecule has 0 spiro atoms. The normalized spacial score (nSPS) is 11.1. The molecule has 2 heterocycles. The van der Waals surface area contributed by atoms with Gasteiger partial charge in [-0.1, -0.05) is 24.3 Å². The van der Waals surface area contributed by atoms with E-state index in [1.165, 1.54) is 24.8 Å². The fraction of sp³-hybridized carbons (Fsp3) is 0.136. The van der Waals surface area contributed by atoms with Gasteiger partial charge in [-0.2, -0.15) is 10.4 Å². The van der Waals surface area contributed by atoms with Crippen molar-refractivity contribution >= 4 is 27.4 Å². The zero-order valence-corrected chi connectivity index (χ0v) is 17.1. The van der Waals surface area contributed by atoms with Crippen molar-refractivity contribution in [2.24, 2.45) is 10.2 Å². The Balaban J connectivity index is 1.68. The largest absolute Gasteiger partial charge is 0.504 e. The lowest BCUT2D eigenvalue weighted by Crippen LogP contribution is -1.86. The lowest BCUT2D eigenvalue weighted by molar-refractivity contribution is 0.373. The Kier molecular flexibility index (Phi) is 5.37. The van der Waals surface area contributed by atoms with Crippen molar-refractivity contribution in [1.29, 1.82) is 5.26 Å². The van der Waals surface area contributed by atoms with Gasteiger partial charge < -0.3 is 9.84 Å². The van der Waals surface area contributed by atoms with Crippen LogP contribution in [0.25, 0.3) is 20.7 Å². The van der Waals surface area contributed by atoms with Gasteiger partial charge in [0.15, 0.2) is 17.3 Å². The van der Waals surface area contributed by atoms with Gasteiger partial charge in [-0.05, 0) is 36.2 Å². The molecule has 1 N–H and O–H groups in total. The zero-order chi connectivity index (χ0) is 21.1. The smallest absolute Gasteiger partial charge is 0.195 e. The molecule has 0 atom stereocenters. The Labute approximate surface area is 177 Å². The molecule has 0 unspecified atom stereocenters. The fourth-order valence-corrected chi connectivity index (χ4v) is 4.37. The molecule has 0 bridgehead atoms. The molecule has 8 heteroatoms. The van der Waals surface area contributed by atoms with Crippen LogP contribution in [0, 0.1) is 18.3 Å². The molecule has 0 aliphatic rings. The number of thiophene rings is 1. The average molecular weight is 415 g/mol. The maximum atomic E-state index is 9.89. The van der Waals surface area contributed by atoms with Crippen molar-refractivity contribution in [3.63, 3.8) is 0 Å². The number of phenolic OH excluding ortho intramolecular Hbond substituents is 1. The zero-order valence-electron chi connectivity index (χ0n) is 16.3. The molecule has 0 saturated carbocycles. The second-order valence-electron chi connectivity index (χ2n) is 6.49. The summed E-state index contributed by atoms with van der Waals surface area (Å²) >= 11 is 1.50. The predicted octanol–water partition coefficient (Wildman–Crippen LogP) is 5.54. The number of aryl methyl sites for hydroxylation is 1. The van der Waals surface area contributed by atoms with Crippen LogP contribution in [0.1, 0.15) is 16.7 Å². The van der Waals surface area contributed by atoms with E-state index in [0.717, 1.165) is 31.8 Å². The molecule has 30 heavy (non-hydrogen) atoms. The van der Waals surface area contributed by atoms with E-state index in [1.54, 1.807) is 18.2 Å². The summed E-state index contributed by atoms with van der Waals surface area (Å²) in [5, 5.41) is 27.9. The van der Waals surface area contributed by atoms with Crippen molar-refractivity contribution in [3.8, 4) is 28.0 Å². The second-order valence-corrected chi connectivity index (χ2v) is 7.51. The van der Waals surface area contributed by atoms with Crippen LogP contribution in [0.5, 0.6) is 11.5 Å². The Bertz CT molecular complexity index is 1310. The van der Waals surface area contributed by atoms with Gasteiger partial charge >= 0.3 is 0 Å². The number of methoxy groups -OCH3 is 1. The Morgan fingerprint density at radius 3 is 2.80 bits per heavy atom. The van der Waals surface area contributed by atoms with Crippen LogP contribution < -0.4 is 4.74 Å². The maximum Gasteiger partial charge on any atom is 0.195 e. The highest BCUT2D eigenvalue weighted by molar-refractivity contribution is 7.23. The lowest BCUT2D eigenvalue weighted by Gasteiger charge is -2.03. The average Bonchev–Trinajstić information content (AvgIpc) is 3.11. The van der Waals surface area contributed by atoms with Gasteiger partial charge in [0.1, 0.15) is 11.0 Å². The molecule has 0 aliphatic heterocycles. The Hall–Kier alpha value is -3.83. The van der Waals surface area contributed by atoms with Gasteiger partial charge in [-0.3, -0.25) is 0 Å². The molecule has 2 aromatic carbocycles. The van der Waals surface area contributed by atoms with E-state index in [-0.39, 0.29) is 12.3 Å². The number of hydrogen-bond acceptors (Lipinski definition) is 8. The number of hydrogen-bond donors (Lipinski definition) is 1. The molecule has 148 valence electrons. The first-order valence-corrected chi connectivity index (χ1v) is 9.91. The van der Waals surface area contributed by atoms with E-state index in [1.807, 2.05) is 31.2 Å². The topological polar surface area (TPSA) is 104 Å². The molecular weight excluding hydrogens is 398 g/mol. The number of benzene rings is 2. The summed E-state index contributed by atoms with van der Waals surface area (Å²) in [6, 6.07) is 14.8. The third kappa shape index (κ3) is 3.58. The summed E-state index contributed by atoms with van der Waals surface area (Å²) in [5.41, 5.74) is 4.07. The highest BCUT2D eigenvalue weighted by Gasteiger charge is 2.17. The van der Waals surface area contributed by atoms with Crippen molar-refractivity contribution < 1.29 is 9.84 Å². The number of ether oxygens (including phenoxy) is 1. The molecule has 7 nitrogen and oxygen atoms in total. The number of aromatic hydroxyl groups is 1. The molecule has 4 rings (SSSR count). The molecule has 0 radical (unpaired) electrons. The van der Waals surface area contributed by atoms with Crippen molar-refractivity contribution in [1.82, 2.24) is 9.97 Å². The van der Waals surface area contributed by atoms with Gasteiger partial charge in [0.05, 0.1) is 30.8 Å². The minimum absolute atomic E-state index is 0.0595. The number of aromatic nitrogens is 2. The number of rotatable bonds is 5. The van der Waals surface area contributed by atoms with Gasteiger partial charge in [0.25, 0.3) is 0 Å². The van der Waals surface area contributed by atoms with Crippen LogP contribution in [0.3, 0.4) is 0 Å². The molecule has 0 aliphatic carbocycles. The van der Waals surface area contributed by atoms with E-state index in [2.05, 4.69) is 26.3 Å². The first kappa shape index (κ1) is 19.5. The van der Waals surface area contributed by atoms with E-state index in [9.17, 15) is 10.4 Å². The second kappa shape index (κ2) is 8.27. The minimum Gasteiger partial charge on any atom is -0.504 e. The summed E-state index contributed by atoms with van der Waals surface area (Å²) in [6.45, 7) is 2.27. The monoisotopic (exact) mass is 415 g/mol. The summed E-state index contributed by atoms with van der Waals surface area (Å²) in [6.07, 6.45) is 1.47. The number of azo groups is 1. The minimum atomic E-state index is 0.0595. The SMILES string of the molecule is COc1ccc(CN=Nc2ncnc3c(C)c(-c4ccccc4C#N)sc23)cc1O. The Morgan fingerprint density at radius 2 is 2.03 bits per heavy atom. The van der Waals surface area contributed by atoms with Crippen molar-refractivity contribution in [3.05, 3.63) is 65.5 Å². The molecule has 0 saturated heterocycles. The number of nitriles is 1. The number of phenols is 1. The van der Waals surface area contributed by atoms with E-state index >= 15 is 0 Å². The highest BCUT2D eigenvalue weighted by Crippen LogP contribution is 2.41. The van der Waals surface area contributed by atoms with E-state index < -0.39 is 0 Å². The fourth-order valence-electron chi connectivity index (χ4n) is 3.14. The summed E-state index contributed by atoms with van der Waals surface area (Å²) in [5.74, 6) is 0.947. The van der Waals surface area contributed by atoms with Gasteiger partial charge in [0.2, 0.25) is 0 Å². The summed E-state index contributed by atoms with van der Waals surface area (Å²) in [7, 11) is 1.50. The quantitative estimate of drug-likeness (QED) is 0.431. The van der Waals surface area contributed by atoms with Gasteiger partial charge in [0, 0.05) is 10.4 Å². The van der Waals surface area contributed by atoms with Gasteiger partial charge in [-0.25, -0.2) is 9.97 Å². The maximum absolute atomic E-state index is 9.89. The first-order valence-electron chi connectivity index (χ1n) is 9.09. The van der Waals surface area contributed by atoms with Crippen LogP contribution >= 0.6 is 11.3 Å². The summed E-state index contributed by atoms with van der Waals surface area (Å²) < 4.78 is 5.87. The predicted molar refractivity (Wildman–Crippen MR) is 115 cm³/mol. The number of fused-ring (bicyclic) bond motifs is 1. The first-order chi connectivity index (χ1) is 14.6. The van der Waals surface area contributed by atoms with Crippen LogP contribution in [0.4, 0.5) is 5.82 Å². The molecule has 4 aromatic rings. The van der Waals surface area contributed by atoms with Crippen molar-refractivity contribution in [2.75, 3.05) is 7.11 Å².